The minimum atomic E-state index is -2.73. The van der Waals surface area contributed by atoms with Crippen molar-refractivity contribution >= 4 is 72.2 Å². The highest BCUT2D eigenvalue weighted by molar-refractivity contribution is 6.87. The number of benzene rings is 4. The minimum absolute atomic E-state index is 0.186. The maximum atomic E-state index is 12.7. The first kappa shape index (κ1) is 53.6. The fourth-order valence-corrected chi connectivity index (χ4v) is 21.5. The third-order valence-corrected chi connectivity index (χ3v) is 22.0. The van der Waals surface area contributed by atoms with Crippen LogP contribution in [-0.2, 0) is 46.4 Å². The third-order valence-electron chi connectivity index (χ3n) is 10.5. The second-order valence-corrected chi connectivity index (χ2v) is 30.3. The van der Waals surface area contributed by atoms with Gasteiger partial charge in [0.05, 0.1) is 26.4 Å². The molecule has 0 amide bonds. The summed E-state index contributed by atoms with van der Waals surface area (Å²) in [7, 11) is -7.52. The van der Waals surface area contributed by atoms with E-state index in [2.05, 4.69) is 26.2 Å². The number of esters is 4. The fourth-order valence-electron chi connectivity index (χ4n) is 7.38. The lowest BCUT2D eigenvalue weighted by Crippen LogP contribution is -2.52. The summed E-state index contributed by atoms with van der Waals surface area (Å²) < 4.78 is 35.2. The Hall–Kier alpha value is -5.99. The van der Waals surface area contributed by atoms with Gasteiger partial charge in [-0.1, -0.05) is 134 Å². The summed E-state index contributed by atoms with van der Waals surface area (Å²) >= 11 is 0. The molecule has 0 aliphatic rings. The molecule has 0 aromatic heterocycles. The second kappa shape index (κ2) is 25.8. The third kappa shape index (κ3) is 18.7. The van der Waals surface area contributed by atoms with Crippen LogP contribution in [0.25, 0.3) is 0 Å². The molecule has 0 unspecified atom stereocenters. The Morgan fingerprint density at radius 1 is 0.373 bits per heavy atom. The van der Waals surface area contributed by atoms with Crippen LogP contribution >= 0.6 is 0 Å². The first-order valence-corrected chi connectivity index (χ1v) is 31.3. The summed E-state index contributed by atoms with van der Waals surface area (Å²) in [6.07, 6.45) is 2.09. The molecule has 0 saturated heterocycles. The lowest BCUT2D eigenvalue weighted by molar-refractivity contribution is -0.145. The number of carbonyl (C=O) groups excluding carboxylic acids is 8. The Morgan fingerprint density at radius 3 is 0.821 bits per heavy atom. The van der Waals surface area contributed by atoms with Crippen LogP contribution in [-0.4, -0.2) is 98.6 Å². The van der Waals surface area contributed by atoms with Gasteiger partial charge < -0.3 is 27.2 Å². The topological polar surface area (TPSA) is 192 Å². The Bertz CT molecular complexity index is 2010. The van der Waals surface area contributed by atoms with E-state index in [4.69, 9.17) is 27.2 Å². The fraction of sp³-hybridized carbons (Fsp3) is 0.360. The molecule has 0 bridgehead atoms. The molecule has 4 aromatic rings. The Morgan fingerprint density at radius 2 is 0.597 bits per heavy atom. The van der Waals surface area contributed by atoms with Crippen LogP contribution in [0.2, 0.25) is 51.4 Å². The van der Waals surface area contributed by atoms with E-state index in [1.54, 1.807) is 72.8 Å². The van der Waals surface area contributed by atoms with E-state index in [1.807, 2.05) is 13.1 Å². The van der Waals surface area contributed by atoms with E-state index in [1.165, 1.54) is 48.5 Å². The van der Waals surface area contributed by atoms with Crippen molar-refractivity contribution in [2.24, 2.45) is 11.8 Å². The number of hydrogen-bond acceptors (Lipinski definition) is 14. The summed E-state index contributed by atoms with van der Waals surface area (Å²) in [5.74, 6) is -8.37. The minimum Gasteiger partial charge on any atom is -0.459 e. The lowest BCUT2D eigenvalue weighted by atomic mass is 10.1. The highest BCUT2D eigenvalue weighted by Crippen LogP contribution is 2.28. The van der Waals surface area contributed by atoms with Crippen LogP contribution in [0.3, 0.4) is 0 Å². The predicted molar refractivity (Wildman–Crippen MR) is 257 cm³/mol. The molecule has 0 saturated carbocycles. The number of ether oxygens (including phenoxy) is 4. The normalized spacial score (nSPS) is 11.7. The van der Waals surface area contributed by atoms with Crippen molar-refractivity contribution in [2.45, 2.75) is 77.1 Å². The Balaban J connectivity index is 1.31. The molecule has 0 atom stereocenters. The number of carbonyl (C=O) groups is 8. The molecule has 0 radical (unpaired) electrons. The number of hydrogen-bond donors (Lipinski definition) is 0. The number of rotatable bonds is 28. The number of Topliss-reactive ketones (excluding diaryl/α,β-unsaturated/α-hetero) is 4. The van der Waals surface area contributed by atoms with Gasteiger partial charge in [0, 0.05) is 34.1 Å². The summed E-state index contributed by atoms with van der Waals surface area (Å²) in [6.45, 7) is 11.5. The van der Waals surface area contributed by atoms with Gasteiger partial charge in [0.15, 0.2) is 16.6 Å². The molecule has 0 N–H and O–H groups in total. The van der Waals surface area contributed by atoms with E-state index >= 15 is 0 Å². The van der Waals surface area contributed by atoms with Crippen molar-refractivity contribution in [3.63, 3.8) is 0 Å². The van der Waals surface area contributed by atoms with Crippen molar-refractivity contribution in [1.29, 1.82) is 0 Å². The zero-order valence-corrected chi connectivity index (χ0v) is 42.0. The number of ketones is 4. The average Bonchev–Trinajstić information content (AvgIpc) is 3.31. The van der Waals surface area contributed by atoms with Crippen molar-refractivity contribution in [3.8, 4) is 0 Å². The van der Waals surface area contributed by atoms with E-state index in [0.29, 0.717) is 37.8 Å². The largest absolute Gasteiger partial charge is 0.459 e. The van der Waals surface area contributed by atoms with Gasteiger partial charge in [0.1, 0.15) is 0 Å². The standard InChI is InChI=1S/C50H60O14Si3/c1-65(2,31-19-21-37(33-59-47(55)43(51)39-23-11-7-12-24-39)34-60-48(56)44(52)40-25-13-8-14-26-40)63-67(5,6)64-66(3,4)32-20-22-38(35-61-49(57)45(53)41-27-15-9-16-28-41)36-62-50(58)46(54)42-29-17-10-18-30-42/h7-18,23-30,37-38H,19-22,31-36H2,1-6H3. The Kier molecular flexibility index (Phi) is 20.6. The first-order valence-electron chi connectivity index (χ1n) is 22.2. The molecule has 14 nitrogen and oxygen atoms in total. The predicted octanol–water partition coefficient (Wildman–Crippen LogP) is 8.63. The smallest absolute Gasteiger partial charge is 0.379 e. The van der Waals surface area contributed by atoms with Gasteiger partial charge >= 0.3 is 32.4 Å². The van der Waals surface area contributed by atoms with E-state index in [0.717, 1.165) is 0 Å². The molecule has 67 heavy (non-hydrogen) atoms. The average molecular weight is 969 g/mol. The highest BCUT2D eigenvalue weighted by Gasteiger charge is 2.39. The van der Waals surface area contributed by atoms with E-state index in [-0.39, 0.29) is 48.7 Å². The lowest BCUT2D eigenvalue weighted by Gasteiger charge is -2.39. The molecule has 4 aromatic carbocycles. The SMILES string of the molecule is C[Si](C)(CCCC(COC(=O)C(=O)c1ccccc1)COC(=O)C(=O)c1ccccc1)O[Si](C)(C)O[Si](C)(C)CCCC(COC(=O)C(=O)c1ccccc1)COC(=O)C(=O)c1ccccc1. The van der Waals surface area contributed by atoms with Gasteiger partial charge in [0.25, 0.3) is 23.1 Å². The molecule has 4 rings (SSSR count). The molecular weight excluding hydrogens is 909 g/mol. The first-order chi connectivity index (χ1) is 31.8. The molecular formula is C50H60O14Si3. The molecule has 0 spiro atoms. The van der Waals surface area contributed by atoms with Gasteiger partial charge in [-0.15, -0.1) is 0 Å². The van der Waals surface area contributed by atoms with Crippen molar-refractivity contribution in [2.75, 3.05) is 26.4 Å². The van der Waals surface area contributed by atoms with Crippen LogP contribution < -0.4 is 0 Å². The van der Waals surface area contributed by atoms with Crippen molar-refractivity contribution < 1.29 is 65.5 Å². The molecule has 0 aliphatic heterocycles. The quantitative estimate of drug-likeness (QED) is 0.0173. The van der Waals surface area contributed by atoms with Crippen LogP contribution in [0.1, 0.15) is 67.1 Å². The zero-order valence-electron chi connectivity index (χ0n) is 39.0. The molecule has 0 aliphatic carbocycles. The van der Waals surface area contributed by atoms with Gasteiger partial charge in [-0.2, -0.15) is 0 Å². The molecule has 0 fully saturated rings. The molecule has 17 heteroatoms. The van der Waals surface area contributed by atoms with E-state index in [9.17, 15) is 38.4 Å². The van der Waals surface area contributed by atoms with Crippen LogP contribution in [0.15, 0.2) is 121 Å². The zero-order chi connectivity index (χ0) is 49.0. The van der Waals surface area contributed by atoms with Gasteiger partial charge in [-0.05, 0) is 64.2 Å². The van der Waals surface area contributed by atoms with Crippen LogP contribution in [0.4, 0.5) is 0 Å². The summed E-state index contributed by atoms with van der Waals surface area (Å²) in [4.78, 5) is 102. The molecule has 356 valence electrons. The molecule has 0 heterocycles. The summed E-state index contributed by atoms with van der Waals surface area (Å²) in [6, 6.07) is 33.5. The second-order valence-electron chi connectivity index (χ2n) is 17.8. The van der Waals surface area contributed by atoms with Crippen LogP contribution in [0.5, 0.6) is 0 Å². The maximum absolute atomic E-state index is 12.7. The van der Waals surface area contributed by atoms with Gasteiger partial charge in [-0.3, -0.25) is 19.2 Å². The van der Waals surface area contributed by atoms with E-state index < -0.39 is 84.0 Å². The highest BCUT2D eigenvalue weighted by atomic mass is 28.5. The maximum Gasteiger partial charge on any atom is 0.379 e. The van der Waals surface area contributed by atoms with Crippen molar-refractivity contribution in [1.82, 2.24) is 0 Å². The summed E-state index contributed by atoms with van der Waals surface area (Å²) in [5.41, 5.74) is 0.743. The van der Waals surface area contributed by atoms with Crippen molar-refractivity contribution in [3.05, 3.63) is 144 Å². The van der Waals surface area contributed by atoms with Gasteiger partial charge in [0.2, 0.25) is 0 Å². The monoisotopic (exact) mass is 968 g/mol. The summed E-state index contributed by atoms with van der Waals surface area (Å²) in [5, 5.41) is 0. The van der Waals surface area contributed by atoms with Gasteiger partial charge in [-0.25, -0.2) is 19.2 Å². The Labute approximate surface area is 395 Å². The van der Waals surface area contributed by atoms with Crippen LogP contribution in [0, 0.1) is 11.8 Å².